The quantitative estimate of drug-likeness (QED) is 0.543. The van der Waals surface area contributed by atoms with E-state index in [2.05, 4.69) is 13.8 Å². The second-order valence-corrected chi connectivity index (χ2v) is 2.74. The van der Waals surface area contributed by atoms with Crippen LogP contribution in [0.5, 0.6) is 0 Å². The molecule has 1 heterocycles. The van der Waals surface area contributed by atoms with Gasteiger partial charge in [0, 0.05) is 0 Å². The van der Waals surface area contributed by atoms with Crippen LogP contribution in [0.2, 0.25) is 0 Å². The summed E-state index contributed by atoms with van der Waals surface area (Å²) in [4.78, 5) is 0. The number of rotatable bonds is 5. The Hall–Kier alpha value is -0.0800. The van der Waals surface area contributed by atoms with Crippen molar-refractivity contribution in [1.82, 2.24) is 0 Å². The number of hydrogen-bond acceptors (Lipinski definition) is 2. The van der Waals surface area contributed by atoms with Crippen molar-refractivity contribution in [3.8, 4) is 0 Å². The van der Waals surface area contributed by atoms with Crippen LogP contribution in [0.1, 0.15) is 19.8 Å². The molecule has 0 aromatic rings. The third-order valence-corrected chi connectivity index (χ3v) is 1.58. The Morgan fingerprint density at radius 1 is 1.80 bits per heavy atom. The minimum Gasteiger partial charge on any atom is -0.376 e. The molecule has 2 unspecified atom stereocenters. The van der Waals surface area contributed by atoms with E-state index in [9.17, 15) is 0 Å². The first kappa shape index (κ1) is 8.02. The molecule has 1 aliphatic rings. The third-order valence-electron chi connectivity index (χ3n) is 1.58. The summed E-state index contributed by atoms with van der Waals surface area (Å²) in [6.45, 7) is 7.49. The van der Waals surface area contributed by atoms with Gasteiger partial charge in [0.05, 0.1) is 19.3 Å². The van der Waals surface area contributed by atoms with Gasteiger partial charge in [-0.05, 0) is 13.3 Å². The highest BCUT2D eigenvalue weighted by Gasteiger charge is 2.22. The topological polar surface area (TPSA) is 21.8 Å². The summed E-state index contributed by atoms with van der Waals surface area (Å²) in [5, 5.41) is 0. The van der Waals surface area contributed by atoms with E-state index in [1.54, 1.807) is 0 Å². The van der Waals surface area contributed by atoms with E-state index in [1.165, 1.54) is 0 Å². The molecular weight excluding hydrogens is 128 g/mol. The molecule has 1 radical (unpaired) electrons. The zero-order valence-corrected chi connectivity index (χ0v) is 6.51. The highest BCUT2D eigenvalue weighted by Crippen LogP contribution is 2.11. The molecule has 0 aromatic carbocycles. The molecule has 2 heteroatoms. The van der Waals surface area contributed by atoms with E-state index in [0.717, 1.165) is 26.1 Å². The van der Waals surface area contributed by atoms with Crippen LogP contribution in [-0.2, 0) is 9.47 Å². The van der Waals surface area contributed by atoms with Crippen LogP contribution in [0.15, 0.2) is 0 Å². The van der Waals surface area contributed by atoms with Gasteiger partial charge in [-0.1, -0.05) is 13.3 Å². The second kappa shape index (κ2) is 3.94. The first-order valence-electron chi connectivity index (χ1n) is 3.85. The van der Waals surface area contributed by atoms with Crippen LogP contribution in [0.4, 0.5) is 0 Å². The Balaban J connectivity index is 1.89. The Morgan fingerprint density at radius 3 is 3.00 bits per heavy atom. The summed E-state index contributed by atoms with van der Waals surface area (Å²) in [6.07, 6.45) is 2.74. The summed E-state index contributed by atoms with van der Waals surface area (Å²) in [5.41, 5.74) is 0. The molecular formula is C8H15O2. The maximum atomic E-state index is 5.44. The molecule has 1 fully saturated rings. The first-order valence-corrected chi connectivity index (χ1v) is 3.85. The molecule has 0 spiro atoms. The van der Waals surface area contributed by atoms with Gasteiger partial charge in [-0.15, -0.1) is 0 Å². The summed E-state index contributed by atoms with van der Waals surface area (Å²) in [5.74, 6) is 0. The zero-order valence-electron chi connectivity index (χ0n) is 6.51. The lowest BCUT2D eigenvalue weighted by Gasteiger charge is -2.09. The third kappa shape index (κ3) is 3.18. The Morgan fingerprint density at radius 2 is 2.50 bits per heavy atom. The summed E-state index contributed by atoms with van der Waals surface area (Å²) in [6, 6.07) is 0. The van der Waals surface area contributed by atoms with Gasteiger partial charge < -0.3 is 9.47 Å². The average molecular weight is 143 g/mol. The van der Waals surface area contributed by atoms with E-state index < -0.39 is 0 Å². The molecule has 59 valence electrons. The molecule has 0 N–H and O–H groups in total. The highest BCUT2D eigenvalue weighted by atomic mass is 16.6. The fourth-order valence-corrected chi connectivity index (χ4v) is 0.807. The van der Waals surface area contributed by atoms with Gasteiger partial charge >= 0.3 is 0 Å². The van der Waals surface area contributed by atoms with Crippen molar-refractivity contribution in [3.63, 3.8) is 0 Å². The fraction of sp³-hybridized carbons (Fsp3) is 0.875. The van der Waals surface area contributed by atoms with Crippen LogP contribution in [-0.4, -0.2) is 25.4 Å². The minimum absolute atomic E-state index is 0.349. The monoisotopic (exact) mass is 143 g/mol. The molecule has 0 aliphatic carbocycles. The van der Waals surface area contributed by atoms with Crippen molar-refractivity contribution in [1.29, 1.82) is 0 Å². The SMILES string of the molecule is [CH2]CCC(C)OCC1CO1. The van der Waals surface area contributed by atoms with Crippen LogP contribution in [0.3, 0.4) is 0 Å². The van der Waals surface area contributed by atoms with E-state index in [-0.39, 0.29) is 0 Å². The normalized spacial score (nSPS) is 26.4. The second-order valence-electron chi connectivity index (χ2n) is 2.74. The maximum absolute atomic E-state index is 5.44. The van der Waals surface area contributed by atoms with Crippen LogP contribution < -0.4 is 0 Å². The van der Waals surface area contributed by atoms with Crippen LogP contribution in [0, 0.1) is 6.92 Å². The average Bonchev–Trinajstić information content (AvgIpc) is 2.67. The molecule has 1 saturated heterocycles. The van der Waals surface area contributed by atoms with Gasteiger partial charge in [-0.2, -0.15) is 0 Å². The van der Waals surface area contributed by atoms with Crippen molar-refractivity contribution in [2.75, 3.05) is 13.2 Å². The Labute approximate surface area is 62.5 Å². The van der Waals surface area contributed by atoms with E-state index in [1.807, 2.05) is 0 Å². The van der Waals surface area contributed by atoms with Gasteiger partial charge in [0.25, 0.3) is 0 Å². The van der Waals surface area contributed by atoms with E-state index >= 15 is 0 Å². The molecule has 2 atom stereocenters. The molecule has 1 rings (SSSR count). The van der Waals surface area contributed by atoms with Gasteiger partial charge in [-0.3, -0.25) is 0 Å². The first-order chi connectivity index (χ1) is 4.83. The van der Waals surface area contributed by atoms with Crippen molar-refractivity contribution < 1.29 is 9.47 Å². The largest absolute Gasteiger partial charge is 0.376 e. The van der Waals surface area contributed by atoms with E-state index in [0.29, 0.717) is 12.2 Å². The maximum Gasteiger partial charge on any atom is 0.104 e. The van der Waals surface area contributed by atoms with Crippen molar-refractivity contribution in [3.05, 3.63) is 6.92 Å². The fourth-order valence-electron chi connectivity index (χ4n) is 0.807. The van der Waals surface area contributed by atoms with Crippen LogP contribution in [0.25, 0.3) is 0 Å². The molecule has 0 saturated carbocycles. The lowest BCUT2D eigenvalue weighted by molar-refractivity contribution is 0.0498. The van der Waals surface area contributed by atoms with Gasteiger partial charge in [0.2, 0.25) is 0 Å². The van der Waals surface area contributed by atoms with Crippen molar-refractivity contribution >= 4 is 0 Å². The standard InChI is InChI=1S/C8H15O2/c1-3-4-7(2)9-5-8-6-10-8/h7-8H,1,3-6H2,2H3. The smallest absolute Gasteiger partial charge is 0.104 e. The molecule has 0 bridgehead atoms. The Bertz CT molecular complexity index is 89.3. The predicted molar refractivity (Wildman–Crippen MR) is 39.7 cm³/mol. The number of epoxide rings is 1. The van der Waals surface area contributed by atoms with Crippen LogP contribution >= 0.6 is 0 Å². The van der Waals surface area contributed by atoms with Gasteiger partial charge in [-0.25, -0.2) is 0 Å². The zero-order chi connectivity index (χ0) is 7.40. The highest BCUT2D eigenvalue weighted by molar-refractivity contribution is 4.68. The van der Waals surface area contributed by atoms with Gasteiger partial charge in [0.15, 0.2) is 0 Å². The molecule has 2 nitrogen and oxygen atoms in total. The summed E-state index contributed by atoms with van der Waals surface area (Å²) < 4.78 is 10.4. The Kier molecular flexibility index (Phi) is 3.16. The van der Waals surface area contributed by atoms with Gasteiger partial charge in [0.1, 0.15) is 6.10 Å². The number of hydrogen-bond donors (Lipinski definition) is 0. The van der Waals surface area contributed by atoms with E-state index in [4.69, 9.17) is 9.47 Å². The van der Waals surface area contributed by atoms with Crippen molar-refractivity contribution in [2.24, 2.45) is 0 Å². The molecule has 1 aliphatic heterocycles. The lowest BCUT2D eigenvalue weighted by atomic mass is 10.2. The predicted octanol–water partition coefficient (Wildman–Crippen LogP) is 1.40. The molecule has 0 amide bonds. The number of ether oxygens (including phenoxy) is 2. The molecule has 0 aromatic heterocycles. The summed E-state index contributed by atoms with van der Waals surface area (Å²) in [7, 11) is 0. The minimum atomic E-state index is 0.349. The lowest BCUT2D eigenvalue weighted by Crippen LogP contribution is -2.11. The summed E-state index contributed by atoms with van der Waals surface area (Å²) >= 11 is 0. The molecule has 10 heavy (non-hydrogen) atoms. The van der Waals surface area contributed by atoms with Crippen molar-refractivity contribution in [2.45, 2.75) is 32.0 Å².